The Kier molecular flexibility index (Phi) is 3.46. The second-order valence-corrected chi connectivity index (χ2v) is 3.25. The summed E-state index contributed by atoms with van der Waals surface area (Å²) >= 11 is 0. The van der Waals surface area contributed by atoms with Gasteiger partial charge >= 0.3 is 6.03 Å². The third-order valence-corrected chi connectivity index (χ3v) is 2.42. The van der Waals surface area contributed by atoms with Crippen molar-refractivity contribution in [3.05, 3.63) is 30.1 Å². The van der Waals surface area contributed by atoms with E-state index in [-0.39, 0.29) is 19.0 Å². The number of pyridine rings is 1. The van der Waals surface area contributed by atoms with Gasteiger partial charge < -0.3 is 11.1 Å². The number of carbonyl (C=O) groups is 2. The number of nitrogens with zero attached hydrogens (tertiary/aromatic N) is 1. The van der Waals surface area contributed by atoms with Gasteiger partial charge in [0.1, 0.15) is 0 Å². The van der Waals surface area contributed by atoms with Crippen LogP contribution in [0.1, 0.15) is 5.56 Å². The van der Waals surface area contributed by atoms with E-state index in [1.165, 1.54) is 0 Å². The molecule has 0 bridgehead atoms. The minimum absolute atomic E-state index is 0. The number of amides is 3. The Labute approximate surface area is 98.0 Å². The molecule has 1 saturated heterocycles. The number of urea groups is 1. The minimum Gasteiger partial charge on any atom is -0.327 e. The van der Waals surface area contributed by atoms with E-state index < -0.39 is 17.5 Å². The largest absolute Gasteiger partial charge is 0.327 e. The number of nitrogens with two attached hydrogens (primary N) is 1. The SMILES string of the molecule is Cl.NC[C@@]1(c2ccncc2)NC(=O)NC1=O. The maximum atomic E-state index is 11.6. The lowest BCUT2D eigenvalue weighted by atomic mass is 9.91. The lowest BCUT2D eigenvalue weighted by molar-refractivity contribution is -0.123. The van der Waals surface area contributed by atoms with E-state index in [0.29, 0.717) is 5.56 Å². The van der Waals surface area contributed by atoms with Crippen molar-refractivity contribution in [2.24, 2.45) is 5.73 Å². The molecule has 1 atom stereocenters. The monoisotopic (exact) mass is 242 g/mol. The van der Waals surface area contributed by atoms with Crippen molar-refractivity contribution >= 4 is 24.3 Å². The molecule has 4 N–H and O–H groups in total. The summed E-state index contributed by atoms with van der Waals surface area (Å²) in [4.78, 5) is 26.6. The summed E-state index contributed by atoms with van der Waals surface area (Å²) in [5.41, 5.74) is 5.03. The molecule has 1 aliphatic heterocycles. The molecule has 0 unspecified atom stereocenters. The quantitative estimate of drug-likeness (QED) is 0.609. The molecule has 3 amide bonds. The predicted octanol–water partition coefficient (Wildman–Crippen LogP) is -0.503. The van der Waals surface area contributed by atoms with Crippen LogP contribution in [0.25, 0.3) is 0 Å². The average molecular weight is 243 g/mol. The molecule has 2 heterocycles. The van der Waals surface area contributed by atoms with Crippen LogP contribution in [0.3, 0.4) is 0 Å². The van der Waals surface area contributed by atoms with Crippen molar-refractivity contribution in [1.29, 1.82) is 0 Å². The number of halogens is 1. The van der Waals surface area contributed by atoms with E-state index in [1.807, 2.05) is 0 Å². The summed E-state index contributed by atoms with van der Waals surface area (Å²) in [6, 6.07) is 2.78. The van der Waals surface area contributed by atoms with Crippen LogP contribution in [0.15, 0.2) is 24.5 Å². The Balaban J connectivity index is 0.00000128. The van der Waals surface area contributed by atoms with Crippen LogP contribution in [0.5, 0.6) is 0 Å². The van der Waals surface area contributed by atoms with Gasteiger partial charge in [-0.2, -0.15) is 0 Å². The summed E-state index contributed by atoms with van der Waals surface area (Å²) in [6.07, 6.45) is 3.09. The summed E-state index contributed by atoms with van der Waals surface area (Å²) in [6.45, 7) is 0.00852. The standard InChI is InChI=1S/C9H10N4O2.ClH/c10-5-9(6-1-3-11-4-2-6)7(14)12-8(15)13-9;/h1-4H,5,10H2,(H2,12,13,14,15);1H/t9-;/m0./s1. The number of rotatable bonds is 2. The van der Waals surface area contributed by atoms with Gasteiger partial charge in [0, 0.05) is 18.9 Å². The van der Waals surface area contributed by atoms with Crippen molar-refractivity contribution < 1.29 is 9.59 Å². The third-order valence-electron chi connectivity index (χ3n) is 2.42. The average Bonchev–Trinajstić information content (AvgIpc) is 2.56. The van der Waals surface area contributed by atoms with Crippen molar-refractivity contribution in [3.8, 4) is 0 Å². The maximum Gasteiger partial charge on any atom is 0.322 e. The molecule has 0 aromatic carbocycles. The molecule has 1 aromatic rings. The molecule has 7 heteroatoms. The molecule has 0 radical (unpaired) electrons. The molecular weight excluding hydrogens is 232 g/mol. The topological polar surface area (TPSA) is 97.1 Å². The molecule has 1 fully saturated rings. The number of imide groups is 1. The highest BCUT2D eigenvalue weighted by Crippen LogP contribution is 2.22. The summed E-state index contributed by atoms with van der Waals surface area (Å²) in [5.74, 6) is -0.429. The molecule has 2 rings (SSSR count). The van der Waals surface area contributed by atoms with Gasteiger partial charge in [0.25, 0.3) is 5.91 Å². The normalized spacial score (nSPS) is 23.3. The van der Waals surface area contributed by atoms with Crippen LogP contribution in [-0.2, 0) is 10.3 Å². The Morgan fingerprint density at radius 1 is 1.31 bits per heavy atom. The fourth-order valence-electron chi connectivity index (χ4n) is 1.59. The first kappa shape index (κ1) is 12.4. The van der Waals surface area contributed by atoms with Crippen molar-refractivity contribution in [2.75, 3.05) is 6.54 Å². The molecule has 0 saturated carbocycles. The molecular formula is C9H11ClN4O2. The molecule has 86 valence electrons. The van der Waals surface area contributed by atoms with E-state index in [1.54, 1.807) is 24.5 Å². The van der Waals surface area contributed by atoms with Crippen LogP contribution in [0, 0.1) is 0 Å². The van der Waals surface area contributed by atoms with Gasteiger partial charge in [-0.15, -0.1) is 12.4 Å². The van der Waals surface area contributed by atoms with Crippen LogP contribution >= 0.6 is 12.4 Å². The molecule has 6 nitrogen and oxygen atoms in total. The van der Waals surface area contributed by atoms with Crippen LogP contribution in [0.2, 0.25) is 0 Å². The Bertz CT molecular complexity index is 411. The van der Waals surface area contributed by atoms with Gasteiger partial charge in [0.05, 0.1) is 0 Å². The smallest absolute Gasteiger partial charge is 0.322 e. The lowest BCUT2D eigenvalue weighted by Crippen LogP contribution is -2.49. The van der Waals surface area contributed by atoms with E-state index in [4.69, 9.17) is 5.73 Å². The number of aromatic nitrogens is 1. The molecule has 0 spiro atoms. The van der Waals surface area contributed by atoms with Crippen molar-refractivity contribution in [2.45, 2.75) is 5.54 Å². The van der Waals surface area contributed by atoms with Gasteiger partial charge in [-0.25, -0.2) is 4.79 Å². The highest BCUT2D eigenvalue weighted by atomic mass is 35.5. The van der Waals surface area contributed by atoms with Gasteiger partial charge in [0.2, 0.25) is 0 Å². The highest BCUT2D eigenvalue weighted by molar-refractivity contribution is 6.07. The van der Waals surface area contributed by atoms with E-state index in [9.17, 15) is 9.59 Å². The van der Waals surface area contributed by atoms with Crippen molar-refractivity contribution in [1.82, 2.24) is 15.6 Å². The Morgan fingerprint density at radius 3 is 2.38 bits per heavy atom. The second kappa shape index (κ2) is 4.46. The maximum absolute atomic E-state index is 11.6. The van der Waals surface area contributed by atoms with Crippen molar-refractivity contribution in [3.63, 3.8) is 0 Å². The van der Waals surface area contributed by atoms with Gasteiger partial charge in [-0.3, -0.25) is 15.1 Å². The fourth-order valence-corrected chi connectivity index (χ4v) is 1.59. The summed E-state index contributed by atoms with van der Waals surface area (Å²) in [7, 11) is 0. The van der Waals surface area contributed by atoms with E-state index in [2.05, 4.69) is 15.6 Å². The number of hydrogen-bond acceptors (Lipinski definition) is 4. The summed E-state index contributed by atoms with van der Waals surface area (Å²) < 4.78 is 0. The summed E-state index contributed by atoms with van der Waals surface area (Å²) in [5, 5.41) is 4.70. The highest BCUT2D eigenvalue weighted by Gasteiger charge is 2.46. The van der Waals surface area contributed by atoms with Gasteiger partial charge in [-0.05, 0) is 17.7 Å². The predicted molar refractivity (Wildman–Crippen MR) is 58.9 cm³/mol. The molecule has 0 aliphatic carbocycles. The zero-order valence-corrected chi connectivity index (χ0v) is 9.08. The van der Waals surface area contributed by atoms with Gasteiger partial charge in [-0.1, -0.05) is 0 Å². The molecule has 1 aliphatic rings. The first-order chi connectivity index (χ1) is 7.19. The zero-order valence-electron chi connectivity index (χ0n) is 8.27. The Morgan fingerprint density at radius 2 is 1.94 bits per heavy atom. The van der Waals surface area contributed by atoms with Crippen LogP contribution in [0.4, 0.5) is 4.79 Å². The van der Waals surface area contributed by atoms with Gasteiger partial charge in [0.15, 0.2) is 5.54 Å². The molecule has 16 heavy (non-hydrogen) atoms. The number of carbonyl (C=O) groups excluding carboxylic acids is 2. The van der Waals surface area contributed by atoms with E-state index >= 15 is 0 Å². The minimum atomic E-state index is -1.15. The van der Waals surface area contributed by atoms with Crippen LogP contribution < -0.4 is 16.4 Å². The number of hydrogen-bond donors (Lipinski definition) is 3. The zero-order chi connectivity index (χ0) is 10.9. The molecule has 1 aromatic heterocycles. The fraction of sp³-hybridized carbons (Fsp3) is 0.222. The van der Waals surface area contributed by atoms with Crippen LogP contribution in [-0.4, -0.2) is 23.5 Å². The first-order valence-corrected chi connectivity index (χ1v) is 4.43. The number of nitrogens with one attached hydrogen (secondary N) is 2. The second-order valence-electron chi connectivity index (χ2n) is 3.25. The lowest BCUT2D eigenvalue weighted by Gasteiger charge is -2.24. The first-order valence-electron chi connectivity index (χ1n) is 4.43. The third kappa shape index (κ3) is 1.72. The Hall–Kier alpha value is -1.66. The van der Waals surface area contributed by atoms with E-state index in [0.717, 1.165) is 0 Å².